The molecule has 0 bridgehead atoms. The Morgan fingerprint density at radius 1 is 0.875 bits per heavy atom. The summed E-state index contributed by atoms with van der Waals surface area (Å²) in [5, 5.41) is 0. The summed E-state index contributed by atoms with van der Waals surface area (Å²) in [6, 6.07) is 16.6. The Kier molecular flexibility index (Phi) is 8.46. The number of nitrogens with zero attached hydrogens (tertiary/aromatic N) is 4. The third kappa shape index (κ3) is 5.47. The summed E-state index contributed by atoms with van der Waals surface area (Å²) in [6.07, 6.45) is 1.43. The normalized spacial score (nSPS) is 15.2. The van der Waals surface area contributed by atoms with E-state index < -0.39 is 10.0 Å². The molecule has 1 fully saturated rings. The highest BCUT2D eigenvalue weighted by molar-refractivity contribution is 9.10. The van der Waals surface area contributed by atoms with Crippen molar-refractivity contribution in [3.8, 4) is 11.3 Å². The number of benzene rings is 2. The molecule has 212 valence electrons. The predicted molar refractivity (Wildman–Crippen MR) is 161 cm³/mol. The predicted octanol–water partition coefficient (Wildman–Crippen LogP) is 4.25. The first-order valence-electron chi connectivity index (χ1n) is 13.7. The van der Waals surface area contributed by atoms with Gasteiger partial charge in [0.25, 0.3) is 5.56 Å². The smallest absolute Gasteiger partial charge is 0.331 e. The van der Waals surface area contributed by atoms with Gasteiger partial charge in [0.15, 0.2) is 0 Å². The highest BCUT2D eigenvalue weighted by Crippen LogP contribution is 2.26. The standard InChI is InChI=1S/C29H34BrN5O4S/c1-3-13-34-26-19-25(31-27(26)28(36)35(14-4-2)29(34)37)21-9-11-23(12-10-21)40(38,39)33-17-15-32(16-18-33)20-22-7-5-6-8-24(22)30/h5-12,19,31H,3-4,13-18,20H2,1-2H3. The largest absolute Gasteiger partial charge is 0.349 e. The average molecular weight is 629 g/mol. The van der Waals surface area contributed by atoms with Crippen molar-refractivity contribution in [2.75, 3.05) is 26.2 Å². The third-order valence-corrected chi connectivity index (χ3v) is 10.1. The van der Waals surface area contributed by atoms with Gasteiger partial charge in [-0.2, -0.15) is 4.31 Å². The molecule has 1 aliphatic rings. The van der Waals surface area contributed by atoms with Crippen LogP contribution in [0.4, 0.5) is 0 Å². The van der Waals surface area contributed by atoms with Gasteiger partial charge in [-0.05, 0) is 48.2 Å². The summed E-state index contributed by atoms with van der Waals surface area (Å²) in [5.74, 6) is 0. The van der Waals surface area contributed by atoms with Crippen molar-refractivity contribution in [2.24, 2.45) is 0 Å². The van der Waals surface area contributed by atoms with E-state index >= 15 is 0 Å². The van der Waals surface area contributed by atoms with E-state index in [-0.39, 0.29) is 16.1 Å². The topological polar surface area (TPSA) is 100 Å². The number of piperazine rings is 1. The number of H-pyrrole nitrogens is 1. The number of aromatic nitrogens is 3. The van der Waals surface area contributed by atoms with Crippen LogP contribution in [-0.4, -0.2) is 57.9 Å². The first kappa shape index (κ1) is 28.5. The van der Waals surface area contributed by atoms with Crippen LogP contribution in [0.15, 0.2) is 73.6 Å². The lowest BCUT2D eigenvalue weighted by Gasteiger charge is -2.34. The van der Waals surface area contributed by atoms with E-state index in [2.05, 4.69) is 31.9 Å². The summed E-state index contributed by atoms with van der Waals surface area (Å²) in [4.78, 5) is 31.8. The van der Waals surface area contributed by atoms with Crippen LogP contribution in [0.2, 0.25) is 0 Å². The number of hydrogen-bond acceptors (Lipinski definition) is 5. The fourth-order valence-electron chi connectivity index (χ4n) is 5.26. The summed E-state index contributed by atoms with van der Waals surface area (Å²) in [6.45, 7) is 7.71. The van der Waals surface area contributed by atoms with Gasteiger partial charge in [-0.15, -0.1) is 0 Å². The number of sulfonamides is 1. The van der Waals surface area contributed by atoms with E-state index in [1.807, 2.05) is 32.0 Å². The van der Waals surface area contributed by atoms with Crippen molar-refractivity contribution in [3.05, 3.63) is 85.5 Å². The maximum absolute atomic E-state index is 13.4. The van der Waals surface area contributed by atoms with E-state index in [4.69, 9.17) is 0 Å². The minimum atomic E-state index is -3.64. The fourth-order valence-corrected chi connectivity index (χ4v) is 7.09. The minimum absolute atomic E-state index is 0.236. The molecule has 0 amide bonds. The van der Waals surface area contributed by atoms with E-state index in [0.29, 0.717) is 62.4 Å². The Morgan fingerprint density at radius 2 is 1.52 bits per heavy atom. The summed E-state index contributed by atoms with van der Waals surface area (Å²) >= 11 is 3.59. The molecule has 40 heavy (non-hydrogen) atoms. The van der Waals surface area contributed by atoms with Crippen molar-refractivity contribution in [1.29, 1.82) is 0 Å². The van der Waals surface area contributed by atoms with Gasteiger partial charge in [0.2, 0.25) is 10.0 Å². The molecular weight excluding hydrogens is 594 g/mol. The number of aryl methyl sites for hydroxylation is 1. The maximum Gasteiger partial charge on any atom is 0.331 e. The third-order valence-electron chi connectivity index (χ3n) is 7.39. The van der Waals surface area contributed by atoms with Crippen LogP contribution in [0.3, 0.4) is 0 Å². The highest BCUT2D eigenvalue weighted by atomic mass is 79.9. The van der Waals surface area contributed by atoms with Gasteiger partial charge in [0.1, 0.15) is 5.52 Å². The van der Waals surface area contributed by atoms with E-state index in [9.17, 15) is 18.0 Å². The zero-order valence-electron chi connectivity index (χ0n) is 22.8. The van der Waals surface area contributed by atoms with Crippen LogP contribution in [0.1, 0.15) is 32.3 Å². The molecular formula is C29H34BrN5O4S. The minimum Gasteiger partial charge on any atom is -0.349 e. The van der Waals surface area contributed by atoms with Crippen molar-refractivity contribution < 1.29 is 8.42 Å². The summed E-state index contributed by atoms with van der Waals surface area (Å²) in [5.41, 5.74) is 2.90. The second-order valence-corrected chi connectivity index (χ2v) is 12.9. The molecule has 3 heterocycles. The molecule has 5 rings (SSSR count). The Labute approximate surface area is 242 Å². The molecule has 1 N–H and O–H groups in total. The number of rotatable bonds is 9. The monoisotopic (exact) mass is 627 g/mol. The van der Waals surface area contributed by atoms with Gasteiger partial charge in [-0.3, -0.25) is 18.8 Å². The Balaban J connectivity index is 1.35. The van der Waals surface area contributed by atoms with Crippen LogP contribution in [-0.2, 0) is 29.7 Å². The van der Waals surface area contributed by atoms with Gasteiger partial charge in [-0.1, -0.05) is 60.1 Å². The number of halogens is 1. The van der Waals surface area contributed by atoms with E-state index in [1.54, 1.807) is 39.2 Å². The van der Waals surface area contributed by atoms with E-state index in [1.165, 1.54) is 10.1 Å². The fraction of sp³-hybridized carbons (Fsp3) is 0.379. The molecule has 0 atom stereocenters. The lowest BCUT2D eigenvalue weighted by molar-refractivity contribution is 0.181. The van der Waals surface area contributed by atoms with Gasteiger partial charge < -0.3 is 4.98 Å². The second kappa shape index (κ2) is 11.9. The molecule has 4 aromatic rings. The SMILES string of the molecule is CCCn1c(=O)c2[nH]c(-c3ccc(S(=O)(=O)N4CCN(Cc5ccccc5Br)CC4)cc3)cc2n(CCC)c1=O. The Hall–Kier alpha value is -2.99. The quantitative estimate of drug-likeness (QED) is 0.299. The lowest BCUT2D eigenvalue weighted by atomic mass is 10.1. The van der Waals surface area contributed by atoms with Gasteiger partial charge in [-0.25, -0.2) is 13.2 Å². The zero-order chi connectivity index (χ0) is 28.4. The van der Waals surface area contributed by atoms with Crippen molar-refractivity contribution in [1.82, 2.24) is 23.3 Å². The van der Waals surface area contributed by atoms with Gasteiger partial charge in [0, 0.05) is 56.0 Å². The molecule has 0 spiro atoms. The van der Waals surface area contributed by atoms with E-state index in [0.717, 1.165) is 23.0 Å². The van der Waals surface area contributed by atoms with Gasteiger partial charge >= 0.3 is 5.69 Å². The van der Waals surface area contributed by atoms with Crippen LogP contribution >= 0.6 is 15.9 Å². The molecule has 9 nitrogen and oxygen atoms in total. The molecule has 2 aromatic heterocycles. The number of fused-ring (bicyclic) bond motifs is 1. The number of nitrogens with one attached hydrogen (secondary N) is 1. The first-order chi connectivity index (χ1) is 19.2. The van der Waals surface area contributed by atoms with Crippen LogP contribution in [0, 0.1) is 0 Å². The molecule has 1 saturated heterocycles. The number of aromatic amines is 1. The van der Waals surface area contributed by atoms with Crippen molar-refractivity contribution in [3.63, 3.8) is 0 Å². The Morgan fingerprint density at radius 3 is 2.17 bits per heavy atom. The molecule has 0 radical (unpaired) electrons. The zero-order valence-corrected chi connectivity index (χ0v) is 25.2. The van der Waals surface area contributed by atoms with Crippen molar-refractivity contribution >= 4 is 37.0 Å². The molecule has 0 unspecified atom stereocenters. The second-order valence-electron chi connectivity index (χ2n) is 10.1. The highest BCUT2D eigenvalue weighted by Gasteiger charge is 2.28. The number of hydrogen-bond donors (Lipinski definition) is 1. The van der Waals surface area contributed by atoms with Gasteiger partial charge in [0.05, 0.1) is 10.4 Å². The Bertz CT molecular complexity index is 1730. The molecule has 1 aliphatic heterocycles. The maximum atomic E-state index is 13.4. The molecule has 2 aromatic carbocycles. The van der Waals surface area contributed by atoms with Crippen LogP contribution in [0.5, 0.6) is 0 Å². The average Bonchev–Trinajstić information content (AvgIpc) is 3.41. The van der Waals surface area contributed by atoms with Crippen LogP contribution in [0.25, 0.3) is 22.3 Å². The first-order valence-corrected chi connectivity index (χ1v) is 15.9. The lowest BCUT2D eigenvalue weighted by Crippen LogP contribution is -2.48. The molecule has 0 saturated carbocycles. The summed E-state index contributed by atoms with van der Waals surface area (Å²) in [7, 11) is -3.64. The molecule has 11 heteroatoms. The summed E-state index contributed by atoms with van der Waals surface area (Å²) < 4.78 is 32.3. The van der Waals surface area contributed by atoms with Crippen molar-refractivity contribution in [2.45, 2.75) is 51.2 Å². The van der Waals surface area contributed by atoms with Crippen LogP contribution < -0.4 is 11.2 Å². The molecule has 0 aliphatic carbocycles.